The highest BCUT2D eigenvalue weighted by molar-refractivity contribution is 5.79. The lowest BCUT2D eigenvalue weighted by Crippen LogP contribution is -2.37. The molecule has 0 saturated carbocycles. The van der Waals surface area contributed by atoms with Crippen molar-refractivity contribution >= 4 is 5.91 Å². The average Bonchev–Trinajstić information content (AvgIpc) is 2.69. The Hall–Kier alpha value is -0.870. The summed E-state index contributed by atoms with van der Waals surface area (Å²) in [4.78, 5) is 15.5. The SMILES string of the molecule is CN(CCN)CC(=O)N(C)C1=CCCC1. The van der Waals surface area contributed by atoms with Gasteiger partial charge in [0.1, 0.15) is 0 Å². The summed E-state index contributed by atoms with van der Waals surface area (Å²) in [5.74, 6) is 0.152. The van der Waals surface area contributed by atoms with Gasteiger partial charge in [0.15, 0.2) is 0 Å². The summed E-state index contributed by atoms with van der Waals surface area (Å²) >= 11 is 0. The first-order valence-corrected chi connectivity index (χ1v) is 5.49. The summed E-state index contributed by atoms with van der Waals surface area (Å²) in [6.45, 7) is 1.81. The topological polar surface area (TPSA) is 49.6 Å². The second kappa shape index (κ2) is 5.88. The molecule has 2 N–H and O–H groups in total. The van der Waals surface area contributed by atoms with Crippen molar-refractivity contribution in [2.75, 3.05) is 33.7 Å². The smallest absolute Gasteiger partial charge is 0.240 e. The minimum absolute atomic E-state index is 0.152. The normalized spacial score (nSPS) is 15.6. The molecule has 1 rings (SSSR count). The van der Waals surface area contributed by atoms with E-state index >= 15 is 0 Å². The van der Waals surface area contributed by atoms with Crippen LogP contribution in [0.4, 0.5) is 0 Å². The highest BCUT2D eigenvalue weighted by Crippen LogP contribution is 2.20. The lowest BCUT2D eigenvalue weighted by Gasteiger charge is -2.22. The molecule has 4 heteroatoms. The third kappa shape index (κ3) is 3.64. The predicted molar refractivity (Wildman–Crippen MR) is 61.3 cm³/mol. The molecule has 0 heterocycles. The van der Waals surface area contributed by atoms with Crippen LogP contribution in [0, 0.1) is 0 Å². The van der Waals surface area contributed by atoms with E-state index in [2.05, 4.69) is 6.08 Å². The third-order valence-corrected chi connectivity index (χ3v) is 2.74. The third-order valence-electron chi connectivity index (χ3n) is 2.74. The molecular formula is C11H21N3O. The first kappa shape index (κ1) is 12.2. The van der Waals surface area contributed by atoms with Crippen LogP contribution in [0.3, 0.4) is 0 Å². The molecule has 0 bridgehead atoms. The second-order valence-electron chi connectivity index (χ2n) is 4.07. The van der Waals surface area contributed by atoms with Crippen molar-refractivity contribution in [3.05, 3.63) is 11.8 Å². The van der Waals surface area contributed by atoms with E-state index < -0.39 is 0 Å². The van der Waals surface area contributed by atoms with Crippen molar-refractivity contribution in [3.63, 3.8) is 0 Å². The standard InChI is InChI=1S/C11H21N3O/c1-13(8-7-12)9-11(15)14(2)10-5-3-4-6-10/h5H,3-4,6-9,12H2,1-2H3. The van der Waals surface area contributed by atoms with Crippen LogP contribution in [0.2, 0.25) is 0 Å². The van der Waals surface area contributed by atoms with Gasteiger partial charge in [-0.25, -0.2) is 0 Å². The van der Waals surface area contributed by atoms with E-state index in [4.69, 9.17) is 5.73 Å². The molecule has 0 aromatic rings. The van der Waals surface area contributed by atoms with Crippen molar-refractivity contribution in [1.82, 2.24) is 9.80 Å². The summed E-state index contributed by atoms with van der Waals surface area (Å²) in [6.07, 6.45) is 5.46. The largest absolute Gasteiger partial charge is 0.329 e. The van der Waals surface area contributed by atoms with Crippen LogP contribution in [0.15, 0.2) is 11.8 Å². The minimum atomic E-state index is 0.152. The predicted octanol–water partition coefficient (Wildman–Crippen LogP) is 0.403. The van der Waals surface area contributed by atoms with Gasteiger partial charge in [-0.2, -0.15) is 0 Å². The van der Waals surface area contributed by atoms with Gasteiger partial charge in [0, 0.05) is 25.8 Å². The summed E-state index contributed by atoms with van der Waals surface area (Å²) in [5.41, 5.74) is 6.59. The van der Waals surface area contributed by atoms with Crippen LogP contribution >= 0.6 is 0 Å². The fraction of sp³-hybridized carbons (Fsp3) is 0.727. The van der Waals surface area contributed by atoms with E-state index in [1.54, 1.807) is 4.90 Å². The lowest BCUT2D eigenvalue weighted by molar-refractivity contribution is -0.129. The fourth-order valence-electron chi connectivity index (χ4n) is 1.76. The molecule has 15 heavy (non-hydrogen) atoms. The molecule has 0 aromatic heterocycles. The highest BCUT2D eigenvalue weighted by Gasteiger charge is 2.16. The Balaban J connectivity index is 2.39. The zero-order valence-electron chi connectivity index (χ0n) is 9.70. The van der Waals surface area contributed by atoms with E-state index in [0.29, 0.717) is 13.1 Å². The van der Waals surface area contributed by atoms with Gasteiger partial charge in [0.2, 0.25) is 5.91 Å². The van der Waals surface area contributed by atoms with Gasteiger partial charge >= 0.3 is 0 Å². The van der Waals surface area contributed by atoms with Gasteiger partial charge < -0.3 is 10.6 Å². The molecule has 1 aliphatic rings. The van der Waals surface area contributed by atoms with Crippen molar-refractivity contribution in [1.29, 1.82) is 0 Å². The number of hydrogen-bond donors (Lipinski definition) is 1. The number of amides is 1. The van der Waals surface area contributed by atoms with Crippen molar-refractivity contribution in [2.24, 2.45) is 5.73 Å². The molecule has 0 unspecified atom stereocenters. The Morgan fingerprint density at radius 3 is 2.80 bits per heavy atom. The number of likely N-dealkylation sites (N-methyl/N-ethyl adjacent to an activating group) is 2. The van der Waals surface area contributed by atoms with Crippen LogP contribution in [0.1, 0.15) is 19.3 Å². The molecule has 0 fully saturated rings. The Bertz CT molecular complexity index is 250. The molecule has 0 aliphatic heterocycles. The lowest BCUT2D eigenvalue weighted by atomic mass is 10.3. The summed E-state index contributed by atoms with van der Waals surface area (Å²) in [5, 5.41) is 0. The van der Waals surface area contributed by atoms with E-state index in [-0.39, 0.29) is 5.91 Å². The van der Waals surface area contributed by atoms with Crippen molar-refractivity contribution in [3.8, 4) is 0 Å². The summed E-state index contributed by atoms with van der Waals surface area (Å²) < 4.78 is 0. The zero-order valence-corrected chi connectivity index (χ0v) is 9.70. The molecule has 0 aromatic carbocycles. The maximum absolute atomic E-state index is 11.8. The molecule has 4 nitrogen and oxygen atoms in total. The molecular weight excluding hydrogens is 190 g/mol. The van der Waals surface area contributed by atoms with Crippen molar-refractivity contribution < 1.29 is 4.79 Å². The number of carbonyl (C=O) groups excluding carboxylic acids is 1. The number of carbonyl (C=O) groups is 1. The Morgan fingerprint density at radius 2 is 2.27 bits per heavy atom. The molecule has 0 spiro atoms. The summed E-state index contributed by atoms with van der Waals surface area (Å²) in [7, 11) is 3.78. The minimum Gasteiger partial charge on any atom is -0.329 e. The molecule has 0 atom stereocenters. The number of allylic oxidation sites excluding steroid dienone is 2. The second-order valence-corrected chi connectivity index (χ2v) is 4.07. The van der Waals surface area contributed by atoms with Crippen LogP contribution in [0.5, 0.6) is 0 Å². The Kier molecular flexibility index (Phi) is 4.78. The average molecular weight is 211 g/mol. The van der Waals surface area contributed by atoms with E-state index in [1.807, 2.05) is 19.0 Å². The number of rotatable bonds is 5. The Morgan fingerprint density at radius 1 is 1.53 bits per heavy atom. The van der Waals surface area contributed by atoms with Crippen LogP contribution in [-0.2, 0) is 4.79 Å². The zero-order chi connectivity index (χ0) is 11.3. The number of hydrogen-bond acceptors (Lipinski definition) is 3. The maximum atomic E-state index is 11.8. The van der Waals surface area contributed by atoms with E-state index in [9.17, 15) is 4.79 Å². The first-order valence-electron chi connectivity index (χ1n) is 5.49. The van der Waals surface area contributed by atoms with Gasteiger partial charge in [-0.3, -0.25) is 9.69 Å². The van der Waals surface area contributed by atoms with Gasteiger partial charge in [-0.05, 0) is 26.3 Å². The van der Waals surface area contributed by atoms with Gasteiger partial charge in [0.25, 0.3) is 0 Å². The van der Waals surface area contributed by atoms with Crippen molar-refractivity contribution in [2.45, 2.75) is 19.3 Å². The van der Waals surface area contributed by atoms with E-state index in [0.717, 1.165) is 19.4 Å². The maximum Gasteiger partial charge on any atom is 0.240 e. The molecule has 1 aliphatic carbocycles. The fourth-order valence-corrected chi connectivity index (χ4v) is 1.76. The van der Waals surface area contributed by atoms with Crippen LogP contribution < -0.4 is 5.73 Å². The Labute approximate surface area is 91.7 Å². The van der Waals surface area contributed by atoms with E-state index in [1.165, 1.54) is 12.1 Å². The van der Waals surface area contributed by atoms with Gasteiger partial charge in [-0.1, -0.05) is 6.08 Å². The number of nitrogens with zero attached hydrogens (tertiary/aromatic N) is 2. The highest BCUT2D eigenvalue weighted by atomic mass is 16.2. The molecule has 1 amide bonds. The molecule has 86 valence electrons. The monoisotopic (exact) mass is 211 g/mol. The molecule has 0 radical (unpaired) electrons. The van der Waals surface area contributed by atoms with Gasteiger partial charge in [-0.15, -0.1) is 0 Å². The number of nitrogens with two attached hydrogens (primary N) is 1. The van der Waals surface area contributed by atoms with Crippen LogP contribution in [0.25, 0.3) is 0 Å². The van der Waals surface area contributed by atoms with Crippen LogP contribution in [-0.4, -0.2) is 49.4 Å². The van der Waals surface area contributed by atoms with Gasteiger partial charge in [0.05, 0.1) is 6.54 Å². The quantitative estimate of drug-likeness (QED) is 0.716. The molecule has 0 saturated heterocycles. The summed E-state index contributed by atoms with van der Waals surface area (Å²) in [6, 6.07) is 0. The first-order chi connectivity index (χ1) is 7.15.